The van der Waals surface area contributed by atoms with Crippen LogP contribution in [-0.4, -0.2) is 22.4 Å². The molecule has 11 heavy (non-hydrogen) atoms. The maximum absolute atomic E-state index is 9.37. The average molecular weight is 156 g/mol. The Hall–Kier alpha value is -0.0800. The van der Waals surface area contributed by atoms with Crippen LogP contribution in [0.1, 0.15) is 32.1 Å². The number of fused-ring (bicyclic) bond motifs is 1. The molecule has 2 nitrogen and oxygen atoms in total. The first-order valence-electron chi connectivity index (χ1n) is 4.63. The van der Waals surface area contributed by atoms with E-state index in [2.05, 4.69) is 0 Å². The van der Waals surface area contributed by atoms with Gasteiger partial charge in [0, 0.05) is 0 Å². The average Bonchev–Trinajstić information content (AvgIpc) is 2.36. The van der Waals surface area contributed by atoms with E-state index >= 15 is 0 Å². The van der Waals surface area contributed by atoms with Crippen LogP contribution in [-0.2, 0) is 0 Å². The van der Waals surface area contributed by atoms with Crippen molar-refractivity contribution < 1.29 is 10.2 Å². The minimum absolute atomic E-state index is 0.436. The molecule has 64 valence electrons. The normalized spacial score (nSPS) is 50.7. The number of hydrogen-bond acceptors (Lipinski definition) is 2. The van der Waals surface area contributed by atoms with Crippen molar-refractivity contribution in [1.82, 2.24) is 0 Å². The summed E-state index contributed by atoms with van der Waals surface area (Å²) in [7, 11) is 0. The lowest BCUT2D eigenvalue weighted by atomic mass is 9.79. The minimum Gasteiger partial charge on any atom is -0.390 e. The van der Waals surface area contributed by atoms with Crippen LogP contribution in [0.25, 0.3) is 0 Å². The summed E-state index contributed by atoms with van der Waals surface area (Å²) in [5.74, 6) is 1.43. The van der Waals surface area contributed by atoms with Crippen molar-refractivity contribution in [2.24, 2.45) is 11.8 Å². The molecule has 2 N–H and O–H groups in total. The minimum atomic E-state index is -0.436. The van der Waals surface area contributed by atoms with Gasteiger partial charge < -0.3 is 10.2 Å². The van der Waals surface area contributed by atoms with Gasteiger partial charge in [0.15, 0.2) is 0 Å². The summed E-state index contributed by atoms with van der Waals surface area (Å²) in [5, 5.41) is 18.7. The summed E-state index contributed by atoms with van der Waals surface area (Å²) in [4.78, 5) is 0. The van der Waals surface area contributed by atoms with Crippen molar-refractivity contribution in [3.05, 3.63) is 0 Å². The Bertz CT molecular complexity index is 130. The van der Waals surface area contributed by atoms with E-state index in [1.54, 1.807) is 0 Å². The third kappa shape index (κ3) is 1.30. The van der Waals surface area contributed by atoms with Gasteiger partial charge in [0.2, 0.25) is 0 Å². The molecule has 2 rings (SSSR count). The summed E-state index contributed by atoms with van der Waals surface area (Å²) in [6.07, 6.45) is 4.65. The van der Waals surface area contributed by atoms with Crippen molar-refractivity contribution in [2.75, 3.05) is 0 Å². The Morgan fingerprint density at radius 2 is 1.27 bits per heavy atom. The standard InChI is InChI=1S/C9H16O2/c10-8-4-6-2-1-3-7(6)5-9(8)11/h6-11H,1-5H2/t6-,7-,8+,9+/m0/s1. The van der Waals surface area contributed by atoms with Crippen LogP contribution in [0.5, 0.6) is 0 Å². The molecule has 0 aliphatic heterocycles. The van der Waals surface area contributed by atoms with Crippen molar-refractivity contribution >= 4 is 0 Å². The molecule has 0 saturated heterocycles. The van der Waals surface area contributed by atoms with Crippen molar-refractivity contribution in [3.63, 3.8) is 0 Å². The Morgan fingerprint density at radius 1 is 0.818 bits per heavy atom. The van der Waals surface area contributed by atoms with Crippen molar-refractivity contribution in [3.8, 4) is 0 Å². The lowest BCUT2D eigenvalue weighted by Crippen LogP contribution is -2.36. The summed E-state index contributed by atoms with van der Waals surface area (Å²) in [5.41, 5.74) is 0. The molecule has 4 atom stereocenters. The number of rotatable bonds is 0. The van der Waals surface area contributed by atoms with Crippen LogP contribution in [0.2, 0.25) is 0 Å². The molecule has 2 saturated carbocycles. The second kappa shape index (κ2) is 2.76. The largest absolute Gasteiger partial charge is 0.390 e. The molecule has 0 spiro atoms. The van der Waals surface area contributed by atoms with Crippen LogP contribution in [0.3, 0.4) is 0 Å². The van der Waals surface area contributed by atoms with Crippen molar-refractivity contribution in [2.45, 2.75) is 44.3 Å². The van der Waals surface area contributed by atoms with Crippen molar-refractivity contribution in [1.29, 1.82) is 0 Å². The molecule has 0 heterocycles. The maximum Gasteiger partial charge on any atom is 0.0802 e. The molecule has 2 fully saturated rings. The molecule has 2 aliphatic carbocycles. The van der Waals surface area contributed by atoms with Gasteiger partial charge in [0.05, 0.1) is 12.2 Å². The van der Waals surface area contributed by atoms with Gasteiger partial charge in [-0.15, -0.1) is 0 Å². The lowest BCUT2D eigenvalue weighted by molar-refractivity contribution is -0.0408. The summed E-state index contributed by atoms with van der Waals surface area (Å²) in [6, 6.07) is 0. The zero-order valence-corrected chi connectivity index (χ0v) is 6.74. The fourth-order valence-corrected chi connectivity index (χ4v) is 2.67. The molecular weight excluding hydrogens is 140 g/mol. The first kappa shape index (κ1) is 7.56. The fourth-order valence-electron chi connectivity index (χ4n) is 2.67. The molecule has 2 heteroatoms. The van der Waals surface area contributed by atoms with E-state index in [0.717, 1.165) is 12.8 Å². The highest BCUT2D eigenvalue weighted by Crippen LogP contribution is 2.41. The first-order chi connectivity index (χ1) is 5.27. The monoisotopic (exact) mass is 156 g/mol. The SMILES string of the molecule is O[C@@H]1C[C@@H]2CCC[C@H]2C[C@H]1O. The Balaban J connectivity index is 2.00. The van der Waals surface area contributed by atoms with Gasteiger partial charge in [-0.25, -0.2) is 0 Å². The van der Waals surface area contributed by atoms with Gasteiger partial charge in [0.1, 0.15) is 0 Å². The molecule has 0 aromatic rings. The number of hydrogen-bond donors (Lipinski definition) is 2. The van der Waals surface area contributed by atoms with Gasteiger partial charge in [-0.2, -0.15) is 0 Å². The molecule has 0 aromatic carbocycles. The predicted octanol–water partition coefficient (Wildman–Crippen LogP) is 0.918. The third-order valence-corrected chi connectivity index (χ3v) is 3.35. The van der Waals surface area contributed by atoms with Crippen LogP contribution in [0.4, 0.5) is 0 Å². The zero-order chi connectivity index (χ0) is 7.84. The molecule has 0 aromatic heterocycles. The summed E-state index contributed by atoms with van der Waals surface area (Å²) in [6.45, 7) is 0. The van der Waals surface area contributed by atoms with Gasteiger partial charge in [-0.05, 0) is 24.7 Å². The third-order valence-electron chi connectivity index (χ3n) is 3.35. The van der Waals surface area contributed by atoms with Gasteiger partial charge in [-0.3, -0.25) is 0 Å². The van der Waals surface area contributed by atoms with E-state index in [0.29, 0.717) is 11.8 Å². The van der Waals surface area contributed by atoms with Gasteiger partial charge in [0.25, 0.3) is 0 Å². The summed E-state index contributed by atoms with van der Waals surface area (Å²) >= 11 is 0. The first-order valence-corrected chi connectivity index (χ1v) is 4.63. The molecule has 0 radical (unpaired) electrons. The van der Waals surface area contributed by atoms with E-state index in [-0.39, 0.29) is 0 Å². The topological polar surface area (TPSA) is 40.5 Å². The van der Waals surface area contributed by atoms with Gasteiger partial charge in [-0.1, -0.05) is 19.3 Å². The second-order valence-electron chi connectivity index (χ2n) is 4.06. The molecule has 2 aliphatic rings. The van der Waals surface area contributed by atoms with E-state index in [4.69, 9.17) is 0 Å². The Morgan fingerprint density at radius 3 is 1.73 bits per heavy atom. The Kier molecular flexibility index (Phi) is 1.90. The molecule has 0 unspecified atom stereocenters. The van der Waals surface area contributed by atoms with E-state index < -0.39 is 12.2 Å². The molecular formula is C9H16O2. The molecule has 0 amide bonds. The number of aliphatic hydroxyl groups excluding tert-OH is 2. The highest BCUT2D eigenvalue weighted by Gasteiger charge is 2.37. The highest BCUT2D eigenvalue weighted by atomic mass is 16.3. The second-order valence-corrected chi connectivity index (χ2v) is 4.06. The molecule has 0 bridgehead atoms. The highest BCUT2D eigenvalue weighted by molar-refractivity contribution is 4.88. The maximum atomic E-state index is 9.37. The predicted molar refractivity (Wildman–Crippen MR) is 42.1 cm³/mol. The zero-order valence-electron chi connectivity index (χ0n) is 6.74. The Labute approximate surface area is 67.2 Å². The number of aliphatic hydroxyl groups is 2. The van der Waals surface area contributed by atoms with Gasteiger partial charge >= 0.3 is 0 Å². The smallest absolute Gasteiger partial charge is 0.0802 e. The van der Waals surface area contributed by atoms with Crippen LogP contribution < -0.4 is 0 Å². The van der Waals surface area contributed by atoms with Crippen LogP contribution in [0, 0.1) is 11.8 Å². The van der Waals surface area contributed by atoms with Crippen LogP contribution >= 0.6 is 0 Å². The lowest BCUT2D eigenvalue weighted by Gasteiger charge is -2.32. The quantitative estimate of drug-likeness (QED) is 0.547. The van der Waals surface area contributed by atoms with E-state index in [1.807, 2.05) is 0 Å². The van der Waals surface area contributed by atoms with Crippen LogP contribution in [0.15, 0.2) is 0 Å². The fraction of sp³-hybridized carbons (Fsp3) is 1.00. The summed E-state index contributed by atoms with van der Waals surface area (Å²) < 4.78 is 0. The van der Waals surface area contributed by atoms with E-state index in [1.165, 1.54) is 19.3 Å². The van der Waals surface area contributed by atoms with E-state index in [9.17, 15) is 10.2 Å².